The summed E-state index contributed by atoms with van der Waals surface area (Å²) in [6, 6.07) is 1.31. The molecule has 2 aromatic heterocycles. The van der Waals surface area contributed by atoms with Crippen molar-refractivity contribution in [3.05, 3.63) is 34.3 Å². The predicted octanol–water partition coefficient (Wildman–Crippen LogP) is -0.748. The molecule has 10 heteroatoms. The first kappa shape index (κ1) is 11.4. The fraction of sp³-hybridized carbons (Fsp3) is 0. The lowest BCUT2D eigenvalue weighted by atomic mass is 10.4. The Morgan fingerprint density at radius 2 is 2.22 bits per heavy atom. The summed E-state index contributed by atoms with van der Waals surface area (Å²) in [6.07, 6.45) is 2.28. The first-order chi connectivity index (χ1) is 8.49. The highest BCUT2D eigenvalue weighted by molar-refractivity contribution is 5.90. The lowest BCUT2D eigenvalue weighted by Crippen LogP contribution is -2.13. The first-order valence-corrected chi connectivity index (χ1v) is 4.62. The number of anilines is 1. The smallest absolute Gasteiger partial charge is 0.332 e. The Bertz CT molecular complexity index is 635. The number of hydrogen-bond acceptors (Lipinski definition) is 7. The second kappa shape index (κ2) is 4.08. The molecule has 18 heavy (non-hydrogen) atoms. The molecular formula is C8H7N7O3. The zero-order valence-corrected chi connectivity index (χ0v) is 8.85. The average molecular weight is 249 g/mol. The molecule has 2 aromatic rings. The summed E-state index contributed by atoms with van der Waals surface area (Å²) < 4.78 is 1.04. The maximum Gasteiger partial charge on any atom is 0.332 e. The summed E-state index contributed by atoms with van der Waals surface area (Å²) in [4.78, 5) is 28.2. The Balaban J connectivity index is 2.57. The van der Waals surface area contributed by atoms with Crippen molar-refractivity contribution in [3.8, 4) is 5.82 Å². The van der Waals surface area contributed by atoms with Crippen molar-refractivity contribution >= 4 is 17.5 Å². The molecule has 0 aliphatic carbocycles. The standard InChI is InChI=1S/C8H7N7O3/c9-6(16)4-1-2-14(13-4)7-5(15(17)18)3-11-8(10)12-7/h1-3H,(H2,9,16)(H2,10,11,12). The number of nitrogens with zero attached hydrogens (tertiary/aromatic N) is 5. The number of nitrogen functional groups attached to an aromatic ring is 1. The minimum atomic E-state index is -0.751. The molecular weight excluding hydrogens is 242 g/mol. The van der Waals surface area contributed by atoms with Crippen LogP contribution >= 0.6 is 0 Å². The number of carbonyl (C=O) groups is 1. The van der Waals surface area contributed by atoms with E-state index in [9.17, 15) is 14.9 Å². The van der Waals surface area contributed by atoms with E-state index >= 15 is 0 Å². The maximum atomic E-state index is 10.9. The molecule has 2 rings (SSSR count). The second-order valence-corrected chi connectivity index (χ2v) is 3.20. The van der Waals surface area contributed by atoms with Gasteiger partial charge >= 0.3 is 5.69 Å². The maximum absolute atomic E-state index is 10.9. The van der Waals surface area contributed by atoms with Crippen molar-refractivity contribution in [2.24, 2.45) is 5.73 Å². The number of aromatic nitrogens is 4. The van der Waals surface area contributed by atoms with Crippen LogP contribution in [-0.4, -0.2) is 30.6 Å². The van der Waals surface area contributed by atoms with Gasteiger partial charge in [-0.15, -0.1) is 0 Å². The normalized spacial score (nSPS) is 10.2. The molecule has 0 saturated heterocycles. The van der Waals surface area contributed by atoms with Gasteiger partial charge in [-0.25, -0.2) is 9.67 Å². The molecule has 0 bridgehead atoms. The minimum Gasteiger partial charge on any atom is -0.368 e. The number of carbonyl (C=O) groups excluding carboxylic acids is 1. The molecule has 10 nitrogen and oxygen atoms in total. The molecule has 92 valence electrons. The largest absolute Gasteiger partial charge is 0.368 e. The van der Waals surface area contributed by atoms with Gasteiger partial charge in [0.15, 0.2) is 0 Å². The highest BCUT2D eigenvalue weighted by Gasteiger charge is 2.19. The van der Waals surface area contributed by atoms with E-state index in [1.807, 2.05) is 0 Å². The molecule has 0 radical (unpaired) electrons. The number of amides is 1. The molecule has 0 aliphatic rings. The van der Waals surface area contributed by atoms with E-state index in [2.05, 4.69) is 15.1 Å². The molecule has 0 unspecified atom stereocenters. The van der Waals surface area contributed by atoms with Crippen molar-refractivity contribution in [1.29, 1.82) is 0 Å². The van der Waals surface area contributed by atoms with Crippen LogP contribution in [0.2, 0.25) is 0 Å². The molecule has 4 N–H and O–H groups in total. The third kappa shape index (κ3) is 1.93. The van der Waals surface area contributed by atoms with Crippen molar-refractivity contribution in [1.82, 2.24) is 19.7 Å². The van der Waals surface area contributed by atoms with E-state index in [4.69, 9.17) is 11.5 Å². The summed E-state index contributed by atoms with van der Waals surface area (Å²) in [7, 11) is 0. The number of hydrogen-bond donors (Lipinski definition) is 2. The Morgan fingerprint density at radius 3 is 2.78 bits per heavy atom. The average Bonchev–Trinajstić information content (AvgIpc) is 2.77. The van der Waals surface area contributed by atoms with E-state index in [1.54, 1.807) is 0 Å². The fourth-order valence-corrected chi connectivity index (χ4v) is 1.25. The van der Waals surface area contributed by atoms with Gasteiger partial charge in [0.05, 0.1) is 4.92 Å². The summed E-state index contributed by atoms with van der Waals surface area (Å²) in [5, 5.41) is 14.6. The van der Waals surface area contributed by atoms with Crippen LogP contribution in [0.1, 0.15) is 10.5 Å². The van der Waals surface area contributed by atoms with Crippen LogP contribution in [0.5, 0.6) is 0 Å². The number of nitro groups is 1. The highest BCUT2D eigenvalue weighted by atomic mass is 16.6. The van der Waals surface area contributed by atoms with Crippen LogP contribution in [0.15, 0.2) is 18.5 Å². The van der Waals surface area contributed by atoms with Gasteiger partial charge in [-0.1, -0.05) is 0 Å². The molecule has 0 saturated carbocycles. The summed E-state index contributed by atoms with van der Waals surface area (Å²) >= 11 is 0. The van der Waals surface area contributed by atoms with Crippen LogP contribution in [0, 0.1) is 10.1 Å². The molecule has 0 fully saturated rings. The Hall–Kier alpha value is -3.04. The van der Waals surface area contributed by atoms with Crippen LogP contribution in [0.25, 0.3) is 5.82 Å². The van der Waals surface area contributed by atoms with Gasteiger partial charge < -0.3 is 11.5 Å². The summed E-state index contributed by atoms with van der Waals surface area (Å²) in [6.45, 7) is 0. The van der Waals surface area contributed by atoms with Gasteiger partial charge in [-0.3, -0.25) is 14.9 Å². The molecule has 1 amide bonds. The summed E-state index contributed by atoms with van der Waals surface area (Å²) in [5.41, 5.74) is 9.95. The number of primary amides is 1. The van der Waals surface area contributed by atoms with Crippen LogP contribution in [-0.2, 0) is 0 Å². The Kier molecular flexibility index (Phi) is 2.60. The molecule has 0 atom stereocenters. The number of rotatable bonds is 3. The fourth-order valence-electron chi connectivity index (χ4n) is 1.25. The van der Waals surface area contributed by atoms with E-state index in [1.165, 1.54) is 12.3 Å². The lowest BCUT2D eigenvalue weighted by molar-refractivity contribution is -0.385. The van der Waals surface area contributed by atoms with Gasteiger partial charge in [-0.2, -0.15) is 10.1 Å². The lowest BCUT2D eigenvalue weighted by Gasteiger charge is -2.01. The quantitative estimate of drug-likeness (QED) is 0.535. The predicted molar refractivity (Wildman–Crippen MR) is 58.7 cm³/mol. The highest BCUT2D eigenvalue weighted by Crippen LogP contribution is 2.19. The van der Waals surface area contributed by atoms with E-state index in [0.717, 1.165) is 10.9 Å². The second-order valence-electron chi connectivity index (χ2n) is 3.20. The van der Waals surface area contributed by atoms with Crippen molar-refractivity contribution in [3.63, 3.8) is 0 Å². The van der Waals surface area contributed by atoms with Crippen molar-refractivity contribution < 1.29 is 9.72 Å². The van der Waals surface area contributed by atoms with Crippen molar-refractivity contribution in [2.45, 2.75) is 0 Å². The van der Waals surface area contributed by atoms with E-state index in [-0.39, 0.29) is 23.1 Å². The van der Waals surface area contributed by atoms with Crippen LogP contribution in [0.3, 0.4) is 0 Å². The zero-order valence-electron chi connectivity index (χ0n) is 8.85. The van der Waals surface area contributed by atoms with Gasteiger partial charge in [0.25, 0.3) is 5.91 Å². The van der Waals surface area contributed by atoms with Crippen LogP contribution in [0.4, 0.5) is 11.6 Å². The third-order valence-electron chi connectivity index (χ3n) is 2.02. The molecule has 0 aromatic carbocycles. The van der Waals surface area contributed by atoms with Gasteiger partial charge in [-0.05, 0) is 6.07 Å². The SMILES string of the molecule is NC(=O)c1ccn(-c2nc(N)ncc2[N+](=O)[O-])n1. The van der Waals surface area contributed by atoms with Crippen LogP contribution < -0.4 is 11.5 Å². The zero-order chi connectivity index (χ0) is 13.3. The van der Waals surface area contributed by atoms with Gasteiger partial charge in [0, 0.05) is 6.20 Å². The molecule has 2 heterocycles. The van der Waals surface area contributed by atoms with Gasteiger partial charge in [0.2, 0.25) is 11.8 Å². The Labute approximate surface area is 99.4 Å². The molecule has 0 spiro atoms. The monoisotopic (exact) mass is 249 g/mol. The summed E-state index contributed by atoms with van der Waals surface area (Å²) in [5.74, 6) is -1.04. The minimum absolute atomic E-state index is 0.0403. The number of nitrogens with two attached hydrogens (primary N) is 2. The third-order valence-corrected chi connectivity index (χ3v) is 2.02. The van der Waals surface area contributed by atoms with E-state index in [0.29, 0.717) is 0 Å². The van der Waals surface area contributed by atoms with Gasteiger partial charge in [0.1, 0.15) is 11.9 Å². The van der Waals surface area contributed by atoms with Crippen molar-refractivity contribution in [2.75, 3.05) is 5.73 Å². The van der Waals surface area contributed by atoms with E-state index < -0.39 is 10.8 Å². The topological polar surface area (TPSA) is 156 Å². The molecule has 0 aliphatic heterocycles. The first-order valence-electron chi connectivity index (χ1n) is 4.62. The Morgan fingerprint density at radius 1 is 1.50 bits per heavy atom.